The largest absolute Gasteiger partial charge is 0.378 e. The predicted octanol–water partition coefficient (Wildman–Crippen LogP) is 5.05. The highest BCUT2D eigenvalue weighted by atomic mass is 35.5. The van der Waals surface area contributed by atoms with Gasteiger partial charge in [0.1, 0.15) is 0 Å². The molecule has 2 aromatic carbocycles. The molecule has 0 spiro atoms. The van der Waals surface area contributed by atoms with E-state index in [1.165, 1.54) is 3.97 Å². The van der Waals surface area contributed by atoms with Crippen molar-refractivity contribution in [1.82, 2.24) is 18.4 Å². The number of anilines is 1. The van der Waals surface area contributed by atoms with Gasteiger partial charge in [-0.15, -0.1) is 0 Å². The van der Waals surface area contributed by atoms with E-state index in [9.17, 15) is 13.2 Å². The standard InChI is InChI=1S/C33H34ClN5O4S/c1-23-7-9-28(10-8-23)44(41,42)39-21-30(29-19-27(20-35-33(29)39)37-13-15-43-16-14-37)24-11-12-38(32(40)18-24)31(22-36(2)3)25-5-4-6-26(34)17-25/h4-12,17-21,31H,13-16,22H2,1-3H3. The lowest BCUT2D eigenvalue weighted by atomic mass is 10.0. The summed E-state index contributed by atoms with van der Waals surface area (Å²) in [5, 5.41) is 1.24. The van der Waals surface area contributed by atoms with E-state index in [0.29, 0.717) is 60.0 Å². The normalized spacial score (nSPS) is 14.8. The van der Waals surface area contributed by atoms with Crippen LogP contribution in [0.15, 0.2) is 95.0 Å². The van der Waals surface area contributed by atoms with Crippen LogP contribution in [0, 0.1) is 6.92 Å². The molecule has 1 unspecified atom stereocenters. The lowest BCUT2D eigenvalue weighted by Gasteiger charge is -2.28. The van der Waals surface area contributed by atoms with Crippen molar-refractivity contribution in [3.05, 3.63) is 112 Å². The van der Waals surface area contributed by atoms with E-state index in [1.807, 2.05) is 62.3 Å². The number of hydrogen-bond donors (Lipinski definition) is 0. The molecule has 0 saturated carbocycles. The summed E-state index contributed by atoms with van der Waals surface area (Å²) in [6.45, 7) is 5.11. The first kappa shape index (κ1) is 30.1. The number of pyridine rings is 2. The van der Waals surface area contributed by atoms with Gasteiger partial charge in [-0.25, -0.2) is 17.4 Å². The van der Waals surface area contributed by atoms with Gasteiger partial charge < -0.3 is 19.1 Å². The Morgan fingerprint density at radius 1 is 1.02 bits per heavy atom. The maximum absolute atomic E-state index is 13.9. The molecule has 0 bridgehead atoms. The second-order valence-electron chi connectivity index (χ2n) is 11.3. The van der Waals surface area contributed by atoms with Crippen molar-refractivity contribution in [2.24, 2.45) is 0 Å². The van der Waals surface area contributed by atoms with Gasteiger partial charge in [0, 0.05) is 54.1 Å². The maximum Gasteiger partial charge on any atom is 0.269 e. The van der Waals surface area contributed by atoms with Crippen LogP contribution in [0.25, 0.3) is 22.2 Å². The zero-order chi connectivity index (χ0) is 31.0. The molecule has 1 aliphatic rings. The fourth-order valence-electron chi connectivity index (χ4n) is 5.63. The topological polar surface area (TPSA) is 89.7 Å². The number of rotatable bonds is 8. The monoisotopic (exact) mass is 631 g/mol. The van der Waals surface area contributed by atoms with Crippen LogP contribution in [0.2, 0.25) is 5.02 Å². The minimum absolute atomic E-state index is 0.161. The van der Waals surface area contributed by atoms with Gasteiger partial charge in [0.2, 0.25) is 0 Å². The molecule has 44 heavy (non-hydrogen) atoms. The molecule has 1 fully saturated rings. The summed E-state index contributed by atoms with van der Waals surface area (Å²) in [5.41, 5.74) is 4.04. The summed E-state index contributed by atoms with van der Waals surface area (Å²) >= 11 is 6.30. The first-order valence-corrected chi connectivity index (χ1v) is 16.2. The molecular weight excluding hydrogens is 598 g/mol. The quantitative estimate of drug-likeness (QED) is 0.237. The Kier molecular flexibility index (Phi) is 8.34. The summed E-state index contributed by atoms with van der Waals surface area (Å²) in [4.78, 5) is 22.8. The molecule has 11 heteroatoms. The number of ether oxygens (including phenoxy) is 1. The van der Waals surface area contributed by atoms with E-state index in [2.05, 4.69) is 9.88 Å². The number of aryl methyl sites for hydroxylation is 1. The number of likely N-dealkylation sites (N-methyl/N-ethyl adjacent to an activating group) is 1. The van der Waals surface area contributed by atoms with E-state index in [0.717, 1.165) is 16.8 Å². The van der Waals surface area contributed by atoms with Crippen LogP contribution in [0.4, 0.5) is 5.69 Å². The Hall–Kier alpha value is -3.96. The molecule has 4 heterocycles. The van der Waals surface area contributed by atoms with E-state index in [1.54, 1.807) is 53.5 Å². The summed E-state index contributed by atoms with van der Waals surface area (Å²) in [7, 11) is -0.0580. The predicted molar refractivity (Wildman–Crippen MR) is 174 cm³/mol. The third-order valence-corrected chi connectivity index (χ3v) is 9.82. The highest BCUT2D eigenvalue weighted by molar-refractivity contribution is 7.90. The lowest BCUT2D eigenvalue weighted by molar-refractivity contribution is 0.122. The molecule has 228 valence electrons. The Morgan fingerprint density at radius 2 is 1.77 bits per heavy atom. The molecule has 9 nitrogen and oxygen atoms in total. The molecule has 1 aliphatic heterocycles. The molecule has 0 amide bonds. The Balaban J connectivity index is 1.50. The first-order chi connectivity index (χ1) is 21.1. The minimum atomic E-state index is -3.97. The smallest absolute Gasteiger partial charge is 0.269 e. The van der Waals surface area contributed by atoms with Crippen LogP contribution in [0.1, 0.15) is 17.2 Å². The van der Waals surface area contributed by atoms with E-state index < -0.39 is 10.0 Å². The number of morpholine rings is 1. The van der Waals surface area contributed by atoms with Crippen molar-refractivity contribution >= 4 is 38.3 Å². The lowest BCUT2D eigenvalue weighted by Crippen LogP contribution is -2.36. The average molecular weight is 632 g/mol. The molecule has 6 rings (SSSR count). The maximum atomic E-state index is 13.9. The zero-order valence-electron chi connectivity index (χ0n) is 24.9. The molecule has 3 aromatic heterocycles. The molecule has 1 atom stereocenters. The SMILES string of the molecule is Cc1ccc(S(=O)(=O)n2cc(-c3ccn(C(CN(C)C)c4cccc(Cl)c4)c(=O)c3)c3cc(N4CCOCC4)cnc32)cc1. The fraction of sp³-hybridized carbons (Fsp3) is 0.273. The van der Waals surface area contributed by atoms with Gasteiger partial charge in [-0.2, -0.15) is 0 Å². The number of halogens is 1. The van der Waals surface area contributed by atoms with Crippen LogP contribution >= 0.6 is 11.6 Å². The highest BCUT2D eigenvalue weighted by Crippen LogP contribution is 2.34. The highest BCUT2D eigenvalue weighted by Gasteiger charge is 2.25. The fourth-order valence-corrected chi connectivity index (χ4v) is 7.15. The third kappa shape index (κ3) is 5.90. The summed E-state index contributed by atoms with van der Waals surface area (Å²) in [6.07, 6.45) is 5.04. The van der Waals surface area contributed by atoms with Gasteiger partial charge in [-0.1, -0.05) is 41.4 Å². The van der Waals surface area contributed by atoms with Crippen molar-refractivity contribution in [1.29, 1.82) is 0 Å². The van der Waals surface area contributed by atoms with Crippen LogP contribution < -0.4 is 10.5 Å². The van der Waals surface area contributed by atoms with Crippen molar-refractivity contribution in [3.63, 3.8) is 0 Å². The van der Waals surface area contributed by atoms with Gasteiger partial charge in [-0.05, 0) is 68.5 Å². The summed E-state index contributed by atoms with van der Waals surface area (Å²) in [5.74, 6) is 0. The molecule has 0 aliphatic carbocycles. The summed E-state index contributed by atoms with van der Waals surface area (Å²) < 4.78 is 36.2. The van der Waals surface area contributed by atoms with Gasteiger partial charge in [-0.3, -0.25) is 4.79 Å². The average Bonchev–Trinajstić information content (AvgIpc) is 3.40. The van der Waals surface area contributed by atoms with E-state index in [-0.39, 0.29) is 16.5 Å². The van der Waals surface area contributed by atoms with Crippen molar-refractivity contribution < 1.29 is 13.2 Å². The summed E-state index contributed by atoms with van der Waals surface area (Å²) in [6, 6.07) is 19.4. The first-order valence-electron chi connectivity index (χ1n) is 14.4. The van der Waals surface area contributed by atoms with Crippen molar-refractivity contribution in [2.75, 3.05) is 51.8 Å². The second kappa shape index (κ2) is 12.2. The Bertz CT molecular complexity index is 1980. The van der Waals surface area contributed by atoms with Gasteiger partial charge >= 0.3 is 0 Å². The van der Waals surface area contributed by atoms with Crippen LogP contribution in [-0.4, -0.2) is 73.8 Å². The number of aromatic nitrogens is 3. The van der Waals surface area contributed by atoms with Gasteiger partial charge in [0.15, 0.2) is 5.65 Å². The van der Waals surface area contributed by atoms with E-state index in [4.69, 9.17) is 16.3 Å². The van der Waals surface area contributed by atoms with Crippen molar-refractivity contribution in [2.45, 2.75) is 17.9 Å². The molecule has 0 radical (unpaired) electrons. The molecule has 0 N–H and O–H groups in total. The van der Waals surface area contributed by atoms with Gasteiger partial charge in [0.05, 0.1) is 36.0 Å². The number of nitrogens with zero attached hydrogens (tertiary/aromatic N) is 5. The molecule has 1 saturated heterocycles. The van der Waals surface area contributed by atoms with Crippen molar-refractivity contribution in [3.8, 4) is 11.1 Å². The molecule has 5 aromatic rings. The third-order valence-electron chi connectivity index (χ3n) is 7.92. The van der Waals surface area contributed by atoms with Crippen LogP contribution in [0.3, 0.4) is 0 Å². The number of fused-ring (bicyclic) bond motifs is 1. The van der Waals surface area contributed by atoms with Crippen LogP contribution in [-0.2, 0) is 14.8 Å². The Labute approximate surface area is 261 Å². The zero-order valence-corrected chi connectivity index (χ0v) is 26.4. The second-order valence-corrected chi connectivity index (χ2v) is 13.6. The molecular formula is C33H34ClN5O4S. The van der Waals surface area contributed by atoms with E-state index >= 15 is 0 Å². The number of benzene rings is 2. The minimum Gasteiger partial charge on any atom is -0.378 e. The number of hydrogen-bond acceptors (Lipinski definition) is 7. The van der Waals surface area contributed by atoms with Gasteiger partial charge in [0.25, 0.3) is 15.6 Å². The van der Waals surface area contributed by atoms with Crippen LogP contribution in [0.5, 0.6) is 0 Å². The Morgan fingerprint density at radius 3 is 2.45 bits per heavy atom.